The number of allylic oxidation sites excluding steroid dienone is 4. The third kappa shape index (κ3) is 19.2. The van der Waals surface area contributed by atoms with Gasteiger partial charge in [0.2, 0.25) is 0 Å². The number of nitrogens with zero attached hydrogens (tertiary/aromatic N) is 5. The number of carbonyl (C=O) groups excluding carboxylic acids is 4. The van der Waals surface area contributed by atoms with Crippen molar-refractivity contribution < 1.29 is 64.8 Å². The highest BCUT2D eigenvalue weighted by atomic mass is 19.4. The molecule has 120 heavy (non-hydrogen) atoms. The second kappa shape index (κ2) is 35.7. The number of hydrogen-bond acceptors (Lipinski definition) is 13. The molecule has 0 bridgehead atoms. The van der Waals surface area contributed by atoms with Crippen molar-refractivity contribution in [2.45, 2.75) is 39.2 Å². The van der Waals surface area contributed by atoms with Gasteiger partial charge in [0.25, 0.3) is 23.6 Å². The Bertz CT molecular complexity index is 5960. The maximum absolute atomic E-state index is 13.3. The molecule has 12 aromatic rings. The predicted molar refractivity (Wildman–Crippen MR) is 460 cm³/mol. The number of amides is 4. The average molecular weight is 1620 g/mol. The number of methoxy groups -OCH3 is 2. The van der Waals surface area contributed by atoms with Crippen LogP contribution in [0.1, 0.15) is 90.9 Å². The summed E-state index contributed by atoms with van der Waals surface area (Å²) < 4.78 is 89.6. The zero-order valence-corrected chi connectivity index (χ0v) is 65.5. The number of benzene rings is 8. The lowest BCUT2D eigenvalue weighted by atomic mass is 10.1. The predicted octanol–water partition coefficient (Wildman–Crippen LogP) is 22.5. The summed E-state index contributed by atoms with van der Waals surface area (Å²) in [5.41, 5.74) is 12.9. The van der Waals surface area contributed by atoms with Crippen molar-refractivity contribution in [3.63, 3.8) is 0 Å². The Labute approximate surface area is 688 Å². The fourth-order valence-corrected chi connectivity index (χ4v) is 13.6. The summed E-state index contributed by atoms with van der Waals surface area (Å²) in [6.45, 7) is 21.9. The Kier molecular flexibility index (Phi) is 24.2. The highest BCUT2D eigenvalue weighted by molar-refractivity contribution is 6.07. The summed E-state index contributed by atoms with van der Waals surface area (Å²) >= 11 is 0. The lowest BCUT2D eigenvalue weighted by Gasteiger charge is -2.27. The molecule has 1 fully saturated rings. The zero-order valence-electron chi connectivity index (χ0n) is 65.5. The molecule has 21 nitrogen and oxygen atoms in total. The number of aromatic nitrogens is 4. The van der Waals surface area contributed by atoms with E-state index in [0.717, 1.165) is 99.8 Å². The van der Waals surface area contributed by atoms with Gasteiger partial charge in [0, 0.05) is 110 Å². The van der Waals surface area contributed by atoms with Crippen LogP contribution >= 0.6 is 0 Å². The first-order chi connectivity index (χ1) is 57.9. The van der Waals surface area contributed by atoms with E-state index in [1.54, 1.807) is 109 Å². The van der Waals surface area contributed by atoms with Gasteiger partial charge in [-0.05, 0) is 257 Å². The number of alkyl halides is 3. The molecule has 606 valence electrons. The largest absolute Gasteiger partial charge is 0.573 e. The van der Waals surface area contributed by atoms with Crippen molar-refractivity contribution >= 4 is 111 Å². The first kappa shape index (κ1) is 81.1. The number of ether oxygens (including phenoxy) is 5. The number of fused-ring (bicyclic) bond motifs is 4. The van der Waals surface area contributed by atoms with E-state index in [1.807, 2.05) is 161 Å². The molecule has 5 aliphatic heterocycles. The van der Waals surface area contributed by atoms with Gasteiger partial charge in [-0.15, -0.1) is 13.2 Å². The Morgan fingerprint density at radius 2 is 0.717 bits per heavy atom. The minimum Gasteiger partial charge on any atom is -0.497 e. The fourth-order valence-electron chi connectivity index (χ4n) is 13.6. The Hall–Kier alpha value is -15.5. The maximum atomic E-state index is 13.3. The third-order valence-corrected chi connectivity index (χ3v) is 19.2. The average Bonchev–Trinajstić information content (AvgIpc) is 1.61. The molecule has 0 unspecified atom stereocenters. The lowest BCUT2D eigenvalue weighted by molar-refractivity contribution is -0.274. The van der Waals surface area contributed by atoms with Gasteiger partial charge >= 0.3 is 6.36 Å². The molecule has 17 rings (SSSR count). The fraction of sp³-hybridized carbons (Fsp3) is 0.106. The monoisotopic (exact) mass is 1620 g/mol. The second-order valence-corrected chi connectivity index (χ2v) is 28.0. The Balaban J connectivity index is 0.000000132. The molecule has 7 N–H and O–H groups in total. The topological polar surface area (TPSA) is 230 Å². The summed E-state index contributed by atoms with van der Waals surface area (Å²) in [5.74, 6) is 4.60. The lowest BCUT2D eigenvalue weighted by Crippen LogP contribution is -2.28. The molecule has 8 aromatic carbocycles. The molecule has 1 saturated heterocycles. The number of nitrogens with one attached hydrogen (secondary N) is 7. The zero-order chi connectivity index (χ0) is 84.3. The van der Waals surface area contributed by atoms with Crippen LogP contribution < -0.4 is 59.2 Å². The van der Waals surface area contributed by atoms with E-state index in [0.29, 0.717) is 85.8 Å². The van der Waals surface area contributed by atoms with Crippen LogP contribution in [-0.4, -0.2) is 88.2 Å². The number of H-pyrrole nitrogens is 4. The quantitative estimate of drug-likeness (QED) is 0.0397. The van der Waals surface area contributed by atoms with Crippen LogP contribution in [-0.2, 0) is 0 Å². The van der Waals surface area contributed by atoms with E-state index in [4.69, 9.17) is 18.9 Å². The van der Waals surface area contributed by atoms with Crippen LogP contribution in [0, 0.1) is 11.6 Å². The van der Waals surface area contributed by atoms with Crippen LogP contribution in [0.25, 0.3) is 24.3 Å². The molecular weight excluding hydrogens is 1540 g/mol. The molecule has 26 heteroatoms. The normalized spacial score (nSPS) is 13.5. The molecule has 0 atom stereocenters. The summed E-state index contributed by atoms with van der Waals surface area (Å²) in [4.78, 5) is 73.1. The standard InChI is InChI=1S/C30H27N3O3.C23H18F3N3O3.C22H18FN3O2.C19H18FN3O/c1-20(2)35-26-17-13-24(14-18-26)33-21(3)9-10-22-19-28(32-29(22)33)30(34)31-23-11-15-27(16-12-23)36-25-7-5-4-6-8-25;1-14-6-7-15-12-20(22(30)27-16-4-3-5-19(13-16)31-2)28-21(15)29(14)17-8-10-18(11-9-17)32-23(24,25)26;1-14-6-7-15-12-20(22(27)24-17-4-3-5-19(13-17)28-2)25-21(15)26(14)18-10-8-16(23)9-11-18;1-13-4-5-14-12-17(19(24)22-10-2-3-11-22)21-18(14)23(13)16-8-6-15(20)7-9-16/h4-20,32H,3H2,1-2H3,(H,31,34);3-13,28H,1H2,2H3,(H,27,30);3-13,25H,1H2,2H3,(H,24,27);4-9,12,21H,1-3,10-11H2. The van der Waals surface area contributed by atoms with Gasteiger partial charge in [-0.2, -0.15) is 0 Å². The summed E-state index contributed by atoms with van der Waals surface area (Å²) in [5, 5.41) is 8.59. The van der Waals surface area contributed by atoms with E-state index in [9.17, 15) is 41.1 Å². The highest BCUT2D eigenvalue weighted by Crippen LogP contribution is 2.43. The van der Waals surface area contributed by atoms with Crippen molar-refractivity contribution in [3.8, 4) is 34.5 Å². The van der Waals surface area contributed by atoms with Gasteiger partial charge in [-0.25, -0.2) is 8.78 Å². The number of para-hydroxylation sites is 1. The van der Waals surface area contributed by atoms with E-state index >= 15 is 0 Å². The van der Waals surface area contributed by atoms with Crippen LogP contribution in [0.4, 0.5) is 85.0 Å². The van der Waals surface area contributed by atoms with Gasteiger partial charge in [-0.1, -0.05) is 56.6 Å². The molecule has 4 amide bonds. The first-order valence-corrected chi connectivity index (χ1v) is 38.0. The van der Waals surface area contributed by atoms with Gasteiger partial charge < -0.3 is 64.5 Å². The summed E-state index contributed by atoms with van der Waals surface area (Å²) in [7, 11) is 3.11. The van der Waals surface area contributed by atoms with Gasteiger partial charge in [0.05, 0.1) is 20.3 Å². The van der Waals surface area contributed by atoms with Crippen molar-refractivity contribution in [2.75, 3.05) is 62.9 Å². The number of halogens is 5. The van der Waals surface area contributed by atoms with Crippen LogP contribution in [0.15, 0.2) is 298 Å². The Morgan fingerprint density at radius 3 is 1.09 bits per heavy atom. The van der Waals surface area contributed by atoms with Gasteiger partial charge in [0.1, 0.15) is 92.2 Å². The molecule has 0 spiro atoms. The number of anilines is 11. The molecule has 0 aliphatic carbocycles. The maximum Gasteiger partial charge on any atom is 0.573 e. The minimum absolute atomic E-state index is 0.0277. The Morgan fingerprint density at radius 1 is 0.383 bits per heavy atom. The molecular formula is C94H81F5N12O9. The van der Waals surface area contributed by atoms with Crippen molar-refractivity contribution in [2.24, 2.45) is 0 Å². The van der Waals surface area contributed by atoms with E-state index in [1.165, 1.54) is 55.6 Å². The van der Waals surface area contributed by atoms with E-state index in [-0.39, 0.29) is 47.1 Å². The van der Waals surface area contributed by atoms with Crippen molar-refractivity contribution in [1.82, 2.24) is 24.8 Å². The SMILES string of the molecule is C=C1C=Cc2cc(C(=O)N3CCCC3)[nH]c2N1c1ccc(F)cc1.C=C1C=Cc2cc(C(=O)Nc3ccc(Oc4ccccc4)cc3)[nH]c2N1c1ccc(OC(C)C)cc1.C=C1C=Cc2cc(C(=O)Nc3cccc(OC)c3)[nH]c2N1c1ccc(F)cc1.C=C1C=Cc2cc(C(=O)Nc3cccc(OC)c3)[nH]c2N1c1ccc(OC(F)(F)F)cc1. The smallest absolute Gasteiger partial charge is 0.497 e. The number of carbonyl (C=O) groups is 4. The van der Waals surface area contributed by atoms with Crippen molar-refractivity contribution in [3.05, 3.63) is 355 Å². The number of likely N-dealkylation sites (tertiary alicyclic amines) is 1. The van der Waals surface area contributed by atoms with E-state index < -0.39 is 6.36 Å². The molecule has 0 saturated carbocycles. The number of aromatic amines is 4. The van der Waals surface area contributed by atoms with Crippen LogP contribution in [0.3, 0.4) is 0 Å². The first-order valence-electron chi connectivity index (χ1n) is 38.0. The summed E-state index contributed by atoms with van der Waals surface area (Å²) in [6, 6.07) is 63.6. The van der Waals surface area contributed by atoms with Gasteiger partial charge in [0.15, 0.2) is 0 Å². The third-order valence-electron chi connectivity index (χ3n) is 19.2. The number of hydrogen-bond donors (Lipinski definition) is 7. The highest BCUT2D eigenvalue weighted by Gasteiger charge is 2.33. The van der Waals surface area contributed by atoms with Crippen LogP contribution in [0.5, 0.6) is 34.5 Å². The minimum atomic E-state index is -4.77. The molecule has 4 aromatic heterocycles. The van der Waals surface area contributed by atoms with Crippen LogP contribution in [0.2, 0.25) is 0 Å². The molecule has 9 heterocycles. The molecule has 0 radical (unpaired) electrons. The number of rotatable bonds is 18. The van der Waals surface area contributed by atoms with Gasteiger partial charge in [-0.3, -0.25) is 38.8 Å². The summed E-state index contributed by atoms with van der Waals surface area (Å²) in [6.07, 6.45) is 12.5. The molecule has 5 aliphatic rings. The van der Waals surface area contributed by atoms with E-state index in [2.05, 4.69) is 66.9 Å². The van der Waals surface area contributed by atoms with Crippen molar-refractivity contribution in [1.29, 1.82) is 0 Å². The second-order valence-electron chi connectivity index (χ2n) is 28.0.